The zero-order chi connectivity index (χ0) is 15.6. The first kappa shape index (κ1) is 16.6. The van der Waals surface area contributed by atoms with Crippen molar-refractivity contribution in [1.29, 1.82) is 0 Å². The van der Waals surface area contributed by atoms with E-state index in [2.05, 4.69) is 4.84 Å². The smallest absolute Gasteiger partial charge is 0.328 e. The van der Waals surface area contributed by atoms with Crippen molar-refractivity contribution in [3.05, 3.63) is 24.3 Å². The maximum atomic E-state index is 11.9. The average Bonchev–Trinajstić information content (AvgIpc) is 2.35. The average molecular weight is 321 g/mol. The lowest BCUT2D eigenvalue weighted by Crippen LogP contribution is -2.29. The van der Waals surface area contributed by atoms with Crippen LogP contribution in [0, 0.1) is 5.92 Å². The van der Waals surface area contributed by atoms with Crippen LogP contribution in [0.3, 0.4) is 0 Å². The molecular formula is C11H15NO6S2. The number of sulfone groups is 1. The molecule has 0 spiro atoms. The lowest BCUT2D eigenvalue weighted by molar-refractivity contribution is -0.150. The number of carbonyl (C=O) groups is 1. The molecule has 0 heterocycles. The Hall–Kier alpha value is -1.45. The van der Waals surface area contributed by atoms with Gasteiger partial charge in [0.05, 0.1) is 15.7 Å². The third-order valence-electron chi connectivity index (χ3n) is 2.27. The van der Waals surface area contributed by atoms with E-state index in [1.54, 1.807) is 18.7 Å². The summed E-state index contributed by atoms with van der Waals surface area (Å²) in [6.07, 6.45) is 0.963. The quantitative estimate of drug-likeness (QED) is 0.791. The number of hydrogen-bond donors (Lipinski definition) is 1. The number of sulfonamides is 1. The van der Waals surface area contributed by atoms with Crippen LogP contribution in [0.2, 0.25) is 0 Å². The highest BCUT2D eigenvalue weighted by Crippen LogP contribution is 2.15. The van der Waals surface area contributed by atoms with Gasteiger partial charge >= 0.3 is 5.97 Å². The summed E-state index contributed by atoms with van der Waals surface area (Å²) in [6.45, 7) is 3.09. The highest BCUT2D eigenvalue weighted by molar-refractivity contribution is 7.91. The van der Waals surface area contributed by atoms with Crippen molar-refractivity contribution in [1.82, 2.24) is 4.89 Å². The van der Waals surface area contributed by atoms with Crippen LogP contribution >= 0.6 is 0 Å². The van der Waals surface area contributed by atoms with Crippen molar-refractivity contribution in [2.75, 3.05) is 6.26 Å². The number of benzene rings is 1. The minimum atomic E-state index is -4.13. The van der Waals surface area contributed by atoms with Gasteiger partial charge in [-0.05, 0) is 23.1 Å². The summed E-state index contributed by atoms with van der Waals surface area (Å²) in [5.74, 6) is -1.24. The molecule has 7 nitrogen and oxygen atoms in total. The van der Waals surface area contributed by atoms with Crippen molar-refractivity contribution in [2.45, 2.75) is 23.6 Å². The van der Waals surface area contributed by atoms with Gasteiger partial charge in [-0.15, -0.1) is 0 Å². The van der Waals surface area contributed by atoms with Crippen molar-refractivity contribution < 1.29 is 26.5 Å². The number of rotatable bonds is 5. The van der Waals surface area contributed by atoms with Crippen LogP contribution in [0.15, 0.2) is 34.1 Å². The molecule has 0 atom stereocenters. The molecule has 1 N–H and O–H groups in total. The Bertz CT molecular complexity index is 706. The Morgan fingerprint density at radius 1 is 1.15 bits per heavy atom. The summed E-state index contributed by atoms with van der Waals surface area (Å²) in [5, 5.41) is 0. The second kappa shape index (κ2) is 5.90. The first-order chi connectivity index (χ1) is 9.04. The van der Waals surface area contributed by atoms with E-state index in [4.69, 9.17) is 0 Å². The van der Waals surface area contributed by atoms with E-state index < -0.39 is 31.7 Å². The molecule has 1 aromatic carbocycles. The monoisotopic (exact) mass is 321 g/mol. The molecule has 0 aliphatic heterocycles. The van der Waals surface area contributed by atoms with Gasteiger partial charge in [-0.2, -0.15) is 0 Å². The van der Waals surface area contributed by atoms with Crippen molar-refractivity contribution in [3.63, 3.8) is 0 Å². The van der Waals surface area contributed by atoms with Crippen LogP contribution in [-0.4, -0.2) is 29.1 Å². The van der Waals surface area contributed by atoms with E-state index in [9.17, 15) is 21.6 Å². The normalized spacial score (nSPS) is 12.4. The van der Waals surface area contributed by atoms with Gasteiger partial charge in [0.2, 0.25) is 0 Å². The summed E-state index contributed by atoms with van der Waals surface area (Å²) in [4.78, 5) is 16.8. The summed E-state index contributed by atoms with van der Waals surface area (Å²) in [7, 11) is -7.66. The molecule has 0 aromatic heterocycles. The molecule has 0 saturated carbocycles. The molecule has 20 heavy (non-hydrogen) atoms. The van der Waals surface area contributed by atoms with Gasteiger partial charge in [-0.3, -0.25) is 4.79 Å². The number of nitrogens with one attached hydrogen (secondary N) is 1. The van der Waals surface area contributed by atoms with Gasteiger partial charge in [-0.25, -0.2) is 16.8 Å². The number of carbonyl (C=O) groups excluding carboxylic acids is 1. The van der Waals surface area contributed by atoms with Gasteiger partial charge in [0.15, 0.2) is 9.84 Å². The standard InChI is InChI=1S/C11H15NO6S2/c1-8(2)11(13)18-12-20(16,17)10-6-4-5-9(7-10)19(3,14)15/h4-8,12H,1-3H3. The van der Waals surface area contributed by atoms with Crippen molar-refractivity contribution in [3.8, 4) is 0 Å². The Morgan fingerprint density at radius 2 is 1.70 bits per heavy atom. The lowest BCUT2D eigenvalue weighted by Gasteiger charge is -2.09. The molecular weight excluding hydrogens is 306 g/mol. The zero-order valence-corrected chi connectivity index (χ0v) is 12.8. The number of hydrogen-bond acceptors (Lipinski definition) is 6. The minimum absolute atomic E-state index is 0.143. The molecule has 0 unspecified atom stereocenters. The van der Waals surface area contributed by atoms with E-state index in [1.807, 2.05) is 0 Å². The Balaban J connectivity index is 3.02. The lowest BCUT2D eigenvalue weighted by atomic mass is 10.2. The van der Waals surface area contributed by atoms with E-state index >= 15 is 0 Å². The van der Waals surface area contributed by atoms with E-state index in [0.717, 1.165) is 12.3 Å². The molecule has 0 bridgehead atoms. The van der Waals surface area contributed by atoms with Gasteiger partial charge in [0.25, 0.3) is 10.0 Å². The van der Waals surface area contributed by atoms with Crippen molar-refractivity contribution in [2.24, 2.45) is 5.92 Å². The second-order valence-electron chi connectivity index (χ2n) is 4.41. The Morgan fingerprint density at radius 3 is 2.20 bits per heavy atom. The Kier molecular flexibility index (Phi) is 4.90. The molecule has 1 rings (SSSR count). The van der Waals surface area contributed by atoms with Crippen LogP contribution in [-0.2, 0) is 29.5 Å². The largest absolute Gasteiger partial charge is 0.355 e. The fraction of sp³-hybridized carbons (Fsp3) is 0.364. The molecule has 0 aliphatic carbocycles. The van der Waals surface area contributed by atoms with Crippen LogP contribution in [0.5, 0.6) is 0 Å². The summed E-state index contributed by atoms with van der Waals surface area (Å²) >= 11 is 0. The molecule has 1 aromatic rings. The fourth-order valence-corrected chi connectivity index (χ4v) is 2.70. The fourth-order valence-electron chi connectivity index (χ4n) is 1.13. The second-order valence-corrected chi connectivity index (χ2v) is 8.07. The van der Waals surface area contributed by atoms with Gasteiger partial charge < -0.3 is 4.84 Å². The molecule has 0 saturated heterocycles. The van der Waals surface area contributed by atoms with Crippen LogP contribution in [0.4, 0.5) is 0 Å². The molecule has 0 fully saturated rings. The topological polar surface area (TPSA) is 107 Å². The predicted molar refractivity (Wildman–Crippen MR) is 70.8 cm³/mol. The first-order valence-corrected chi connectivity index (χ1v) is 8.94. The first-order valence-electron chi connectivity index (χ1n) is 5.56. The highest BCUT2D eigenvalue weighted by Gasteiger charge is 2.20. The maximum absolute atomic E-state index is 11.9. The van der Waals surface area contributed by atoms with Gasteiger partial charge in [0.1, 0.15) is 0 Å². The van der Waals surface area contributed by atoms with Crippen LogP contribution in [0.25, 0.3) is 0 Å². The minimum Gasteiger partial charge on any atom is -0.355 e. The molecule has 112 valence electrons. The summed E-state index contributed by atoms with van der Waals surface area (Å²) in [5.41, 5.74) is 0. The zero-order valence-electron chi connectivity index (χ0n) is 11.2. The SMILES string of the molecule is CC(C)C(=O)ONS(=O)(=O)c1cccc(S(C)(=O)=O)c1. The maximum Gasteiger partial charge on any atom is 0.328 e. The van der Waals surface area contributed by atoms with Crippen LogP contribution < -0.4 is 4.89 Å². The predicted octanol–water partition coefficient (Wildman–Crippen LogP) is 0.483. The summed E-state index contributed by atoms with van der Waals surface area (Å²) in [6, 6.07) is 4.74. The highest BCUT2D eigenvalue weighted by atomic mass is 32.2. The van der Waals surface area contributed by atoms with E-state index in [-0.39, 0.29) is 9.79 Å². The Labute approximate surface area is 117 Å². The summed E-state index contributed by atoms with van der Waals surface area (Å²) < 4.78 is 46.4. The third kappa shape index (κ3) is 4.29. The van der Waals surface area contributed by atoms with Crippen molar-refractivity contribution >= 4 is 25.8 Å². The van der Waals surface area contributed by atoms with E-state index in [0.29, 0.717) is 0 Å². The van der Waals surface area contributed by atoms with Gasteiger partial charge in [0, 0.05) is 6.26 Å². The van der Waals surface area contributed by atoms with E-state index in [1.165, 1.54) is 18.2 Å². The molecule has 9 heteroatoms. The molecule has 0 radical (unpaired) electrons. The molecule has 0 aliphatic rings. The molecule has 0 amide bonds. The third-order valence-corrected chi connectivity index (χ3v) is 4.55. The van der Waals surface area contributed by atoms with Crippen LogP contribution in [0.1, 0.15) is 13.8 Å². The van der Waals surface area contributed by atoms with Gasteiger partial charge in [-0.1, -0.05) is 19.9 Å².